The fourth-order valence-electron chi connectivity index (χ4n) is 2.39. The highest BCUT2D eigenvalue weighted by molar-refractivity contribution is 6.34. The maximum absolute atomic E-state index is 13.9. The third-order valence-electron chi connectivity index (χ3n) is 3.58. The van der Waals surface area contributed by atoms with Gasteiger partial charge in [-0.05, 0) is 37.6 Å². The number of halogens is 2. The first-order valence-corrected chi connectivity index (χ1v) is 7.51. The number of hydrogen-bond acceptors (Lipinski definition) is 3. The molecule has 0 aliphatic heterocycles. The number of benzene rings is 1. The molecule has 3 rings (SSSR count). The van der Waals surface area contributed by atoms with Crippen LogP contribution in [-0.2, 0) is 0 Å². The molecule has 0 bridgehead atoms. The number of aromatic nitrogens is 2. The number of pyridine rings is 1. The summed E-state index contributed by atoms with van der Waals surface area (Å²) in [6.07, 6.45) is 1.62. The minimum atomic E-state index is -0.798. The Kier molecular flexibility index (Phi) is 4.07. The molecule has 0 fully saturated rings. The van der Waals surface area contributed by atoms with Crippen molar-refractivity contribution in [1.29, 1.82) is 0 Å². The highest BCUT2D eigenvalue weighted by atomic mass is 35.5. The van der Waals surface area contributed by atoms with Gasteiger partial charge in [-0.15, -0.1) is 0 Å². The summed E-state index contributed by atoms with van der Waals surface area (Å²) in [5.41, 5.74) is 0.899. The van der Waals surface area contributed by atoms with Crippen molar-refractivity contribution in [3.05, 3.63) is 74.5 Å². The van der Waals surface area contributed by atoms with Crippen LogP contribution in [0.1, 0.15) is 21.6 Å². The lowest BCUT2D eigenvalue weighted by Crippen LogP contribution is -2.25. The largest absolute Gasteiger partial charge is 0.316 e. The summed E-state index contributed by atoms with van der Waals surface area (Å²) in [4.78, 5) is 29.3. The highest BCUT2D eigenvalue weighted by Crippen LogP contribution is 2.20. The van der Waals surface area contributed by atoms with Crippen LogP contribution in [0.5, 0.6) is 0 Å². The van der Waals surface area contributed by atoms with Gasteiger partial charge in [-0.3, -0.25) is 14.0 Å². The van der Waals surface area contributed by atoms with Crippen molar-refractivity contribution >= 4 is 28.8 Å². The molecule has 7 heteroatoms. The molecule has 0 saturated carbocycles. The summed E-state index contributed by atoms with van der Waals surface area (Å²) in [6.45, 7) is 3.43. The molecular weight excluding hydrogens is 333 g/mol. The zero-order valence-electron chi connectivity index (χ0n) is 12.9. The van der Waals surface area contributed by atoms with Crippen molar-refractivity contribution in [1.82, 2.24) is 9.38 Å². The highest BCUT2D eigenvalue weighted by Gasteiger charge is 2.19. The predicted molar refractivity (Wildman–Crippen MR) is 90.3 cm³/mol. The zero-order valence-corrected chi connectivity index (χ0v) is 13.7. The Labute approximate surface area is 141 Å². The molecule has 122 valence electrons. The average molecular weight is 346 g/mol. The van der Waals surface area contributed by atoms with Crippen LogP contribution in [0.25, 0.3) is 5.65 Å². The fourth-order valence-corrected chi connectivity index (χ4v) is 2.64. The van der Waals surface area contributed by atoms with E-state index in [1.54, 1.807) is 19.2 Å². The van der Waals surface area contributed by atoms with Gasteiger partial charge in [-0.25, -0.2) is 9.37 Å². The van der Waals surface area contributed by atoms with Gasteiger partial charge in [0.2, 0.25) is 0 Å². The first-order valence-electron chi connectivity index (χ1n) is 7.13. The maximum atomic E-state index is 13.9. The predicted octanol–water partition coefficient (Wildman–Crippen LogP) is 3.36. The second-order valence-electron chi connectivity index (χ2n) is 5.36. The third-order valence-corrected chi connectivity index (χ3v) is 3.89. The minimum Gasteiger partial charge on any atom is -0.316 e. The van der Waals surface area contributed by atoms with Crippen molar-refractivity contribution in [3.63, 3.8) is 0 Å². The van der Waals surface area contributed by atoms with Crippen molar-refractivity contribution in [3.8, 4) is 0 Å². The van der Waals surface area contributed by atoms with Gasteiger partial charge in [0.25, 0.3) is 11.5 Å². The molecular formula is C17H13ClFN3O2. The van der Waals surface area contributed by atoms with E-state index < -0.39 is 17.3 Å². The lowest BCUT2D eigenvalue weighted by atomic mass is 10.2. The van der Waals surface area contributed by atoms with E-state index >= 15 is 0 Å². The van der Waals surface area contributed by atoms with Crippen LogP contribution < -0.4 is 10.9 Å². The monoisotopic (exact) mass is 345 g/mol. The van der Waals surface area contributed by atoms with Gasteiger partial charge in [0.1, 0.15) is 17.2 Å². The van der Waals surface area contributed by atoms with Crippen molar-refractivity contribution < 1.29 is 9.18 Å². The summed E-state index contributed by atoms with van der Waals surface area (Å²) in [5, 5.41) is 2.40. The molecule has 0 spiro atoms. The molecule has 0 unspecified atom stereocenters. The zero-order chi connectivity index (χ0) is 17.4. The number of carbonyl (C=O) groups excluding carboxylic acids is 1. The number of hydrogen-bond donors (Lipinski definition) is 1. The molecule has 0 saturated heterocycles. The number of amides is 1. The van der Waals surface area contributed by atoms with Crippen LogP contribution in [0.4, 0.5) is 10.1 Å². The third kappa shape index (κ3) is 2.76. The van der Waals surface area contributed by atoms with E-state index in [9.17, 15) is 14.0 Å². The van der Waals surface area contributed by atoms with E-state index in [1.165, 1.54) is 16.5 Å². The van der Waals surface area contributed by atoms with Gasteiger partial charge in [-0.1, -0.05) is 23.7 Å². The number of carbonyl (C=O) groups is 1. The van der Waals surface area contributed by atoms with E-state index in [0.29, 0.717) is 11.3 Å². The number of nitrogens with zero attached hydrogens (tertiary/aromatic N) is 2. The van der Waals surface area contributed by atoms with Crippen LogP contribution in [-0.4, -0.2) is 15.3 Å². The summed E-state index contributed by atoms with van der Waals surface area (Å²) in [6, 6.07) is 7.47. The summed E-state index contributed by atoms with van der Waals surface area (Å²) in [5.74, 6) is -1.56. The Bertz CT molecular complexity index is 1010. The van der Waals surface area contributed by atoms with Gasteiger partial charge >= 0.3 is 0 Å². The van der Waals surface area contributed by atoms with Crippen LogP contribution in [0.15, 0.2) is 41.3 Å². The molecule has 2 heterocycles. The van der Waals surface area contributed by atoms with Crippen molar-refractivity contribution in [2.75, 3.05) is 5.32 Å². The number of anilines is 1. The average Bonchev–Trinajstić information content (AvgIpc) is 2.52. The molecule has 0 atom stereocenters. The number of aryl methyl sites for hydroxylation is 2. The second-order valence-corrected chi connectivity index (χ2v) is 5.77. The summed E-state index contributed by atoms with van der Waals surface area (Å²) < 4.78 is 15.2. The fraction of sp³-hybridized carbons (Fsp3) is 0.118. The molecule has 0 aliphatic carbocycles. The van der Waals surface area contributed by atoms with Crippen LogP contribution >= 0.6 is 11.6 Å². The molecule has 1 N–H and O–H groups in total. The van der Waals surface area contributed by atoms with Crippen LogP contribution in [0, 0.1) is 19.7 Å². The Morgan fingerprint density at radius 1 is 1.25 bits per heavy atom. The number of nitrogens with one attached hydrogen (secondary N) is 1. The Morgan fingerprint density at radius 2 is 2.00 bits per heavy atom. The topological polar surface area (TPSA) is 63.5 Å². The normalized spacial score (nSPS) is 10.8. The molecule has 0 aliphatic rings. The molecule has 1 amide bonds. The standard InChI is InChI=1S/C17H13ClFN3O2/c1-9-6-7-13-20-10(2)15(17(24)22(13)8-9)21-16(23)14-11(18)4-3-5-12(14)19/h3-8H,1-2H3,(H,21,23). The quantitative estimate of drug-likeness (QED) is 0.774. The summed E-state index contributed by atoms with van der Waals surface area (Å²) >= 11 is 5.89. The smallest absolute Gasteiger partial charge is 0.281 e. The van der Waals surface area contributed by atoms with E-state index in [1.807, 2.05) is 13.0 Å². The first kappa shape index (κ1) is 16.1. The van der Waals surface area contributed by atoms with Gasteiger partial charge in [0.15, 0.2) is 0 Å². The van der Waals surface area contributed by atoms with E-state index in [0.717, 1.165) is 11.6 Å². The second kappa shape index (κ2) is 6.05. The van der Waals surface area contributed by atoms with Gasteiger partial charge < -0.3 is 5.32 Å². The molecule has 2 aromatic heterocycles. The molecule has 1 aromatic carbocycles. The number of rotatable bonds is 2. The SMILES string of the molecule is Cc1ccc2nc(C)c(NC(=O)c3c(F)cccc3Cl)c(=O)n2c1. The number of fused-ring (bicyclic) bond motifs is 1. The molecule has 24 heavy (non-hydrogen) atoms. The Morgan fingerprint density at radius 3 is 2.71 bits per heavy atom. The maximum Gasteiger partial charge on any atom is 0.281 e. The molecule has 0 radical (unpaired) electrons. The lowest BCUT2D eigenvalue weighted by Gasteiger charge is -2.11. The van der Waals surface area contributed by atoms with Crippen molar-refractivity contribution in [2.24, 2.45) is 0 Å². The van der Waals surface area contributed by atoms with Crippen LogP contribution in [0.3, 0.4) is 0 Å². The molecule has 5 nitrogen and oxygen atoms in total. The van der Waals surface area contributed by atoms with E-state index in [2.05, 4.69) is 10.3 Å². The van der Waals surface area contributed by atoms with Gasteiger partial charge in [0.05, 0.1) is 16.3 Å². The lowest BCUT2D eigenvalue weighted by molar-refractivity contribution is 0.102. The van der Waals surface area contributed by atoms with E-state index in [4.69, 9.17) is 11.6 Å². The Balaban J connectivity index is 2.10. The van der Waals surface area contributed by atoms with Gasteiger partial charge in [-0.2, -0.15) is 0 Å². The minimum absolute atomic E-state index is 0.0116. The van der Waals surface area contributed by atoms with Gasteiger partial charge in [0, 0.05) is 6.20 Å². The molecule has 3 aromatic rings. The van der Waals surface area contributed by atoms with Crippen molar-refractivity contribution in [2.45, 2.75) is 13.8 Å². The first-order chi connectivity index (χ1) is 11.4. The van der Waals surface area contributed by atoms with Crippen LogP contribution in [0.2, 0.25) is 5.02 Å². The van der Waals surface area contributed by atoms with E-state index in [-0.39, 0.29) is 16.3 Å². The summed E-state index contributed by atoms with van der Waals surface area (Å²) in [7, 11) is 0. The Hall–Kier alpha value is -2.73.